The number of halogens is 1. The number of amides is 1. The molecule has 2 aliphatic rings. The quantitative estimate of drug-likeness (QED) is 0.866. The van der Waals surface area contributed by atoms with Crippen LogP contribution in [0.4, 0.5) is 4.39 Å². The molecule has 2 N–H and O–H groups in total. The summed E-state index contributed by atoms with van der Waals surface area (Å²) in [7, 11) is 0. The second kappa shape index (κ2) is 7.76. The maximum Gasteiger partial charge on any atom is 0.256 e. The molecule has 1 amide bonds. The molecular formula is C20H26FN5O. The molecule has 27 heavy (non-hydrogen) atoms. The van der Waals surface area contributed by atoms with Gasteiger partial charge in [-0.05, 0) is 69.3 Å². The summed E-state index contributed by atoms with van der Waals surface area (Å²) < 4.78 is 14.3. The number of aromatic nitrogens is 3. The number of nitrogens with one attached hydrogen (secondary N) is 2. The van der Waals surface area contributed by atoms with Crippen molar-refractivity contribution in [3.63, 3.8) is 0 Å². The van der Waals surface area contributed by atoms with E-state index in [2.05, 4.69) is 20.5 Å². The molecule has 1 atom stereocenters. The number of hydrogen-bond donors (Lipinski definition) is 2. The summed E-state index contributed by atoms with van der Waals surface area (Å²) in [4.78, 5) is 19.1. The molecule has 2 aromatic rings. The molecule has 2 fully saturated rings. The molecule has 1 unspecified atom stereocenters. The standard InChI is InChI=1S/C20H26FN5O/c1-13-23-19(25-24-13)16-5-8-26(9-6-16)20(27)17-11-14(2-3-18(17)21)10-15-4-7-22-12-15/h2-3,11,15-16,22H,4-10,12H2,1H3,(H,23,24,25). The van der Waals surface area contributed by atoms with Crippen LogP contribution in [0.15, 0.2) is 18.2 Å². The van der Waals surface area contributed by atoms with Crippen molar-refractivity contribution >= 4 is 5.91 Å². The van der Waals surface area contributed by atoms with E-state index in [1.54, 1.807) is 11.0 Å². The van der Waals surface area contributed by atoms with E-state index >= 15 is 0 Å². The average molecular weight is 371 g/mol. The number of likely N-dealkylation sites (tertiary alicyclic amines) is 1. The fourth-order valence-corrected chi connectivity index (χ4v) is 4.14. The molecule has 0 saturated carbocycles. The predicted octanol–water partition coefficient (Wildman–Crippen LogP) is 2.42. The highest BCUT2D eigenvalue weighted by molar-refractivity contribution is 5.94. The third kappa shape index (κ3) is 4.03. The van der Waals surface area contributed by atoms with Crippen LogP contribution in [0.1, 0.15) is 52.8 Å². The van der Waals surface area contributed by atoms with Gasteiger partial charge in [0.25, 0.3) is 5.91 Å². The Morgan fingerprint density at radius 2 is 2.11 bits per heavy atom. The number of aryl methyl sites for hydroxylation is 1. The lowest BCUT2D eigenvalue weighted by Crippen LogP contribution is -2.38. The van der Waals surface area contributed by atoms with Gasteiger partial charge < -0.3 is 10.2 Å². The zero-order valence-corrected chi connectivity index (χ0v) is 15.7. The molecular weight excluding hydrogens is 345 g/mol. The molecule has 0 spiro atoms. The van der Waals surface area contributed by atoms with Gasteiger partial charge in [0.1, 0.15) is 11.6 Å². The summed E-state index contributed by atoms with van der Waals surface area (Å²) in [5.41, 5.74) is 1.24. The second-order valence-electron chi connectivity index (χ2n) is 7.72. The summed E-state index contributed by atoms with van der Waals surface area (Å²) in [6.07, 6.45) is 3.63. The number of rotatable bonds is 4. The van der Waals surface area contributed by atoms with E-state index in [1.807, 2.05) is 13.0 Å². The van der Waals surface area contributed by atoms with Gasteiger partial charge in [-0.3, -0.25) is 9.89 Å². The fraction of sp³-hybridized carbons (Fsp3) is 0.550. The molecule has 6 nitrogen and oxygen atoms in total. The zero-order valence-electron chi connectivity index (χ0n) is 15.7. The van der Waals surface area contributed by atoms with Gasteiger partial charge in [-0.25, -0.2) is 9.37 Å². The van der Waals surface area contributed by atoms with Gasteiger partial charge in [0, 0.05) is 19.0 Å². The van der Waals surface area contributed by atoms with E-state index in [1.165, 1.54) is 6.07 Å². The Kier molecular flexibility index (Phi) is 5.20. The van der Waals surface area contributed by atoms with Crippen LogP contribution in [-0.2, 0) is 6.42 Å². The first kappa shape index (κ1) is 18.1. The van der Waals surface area contributed by atoms with Crippen LogP contribution in [0.5, 0.6) is 0 Å². The lowest BCUT2D eigenvalue weighted by molar-refractivity contribution is 0.0706. The van der Waals surface area contributed by atoms with Crippen LogP contribution in [-0.4, -0.2) is 52.2 Å². The van der Waals surface area contributed by atoms with E-state index in [9.17, 15) is 9.18 Å². The van der Waals surface area contributed by atoms with Crippen LogP contribution >= 0.6 is 0 Å². The lowest BCUT2D eigenvalue weighted by Gasteiger charge is -2.31. The minimum absolute atomic E-state index is 0.200. The molecule has 3 heterocycles. The van der Waals surface area contributed by atoms with Gasteiger partial charge in [0.15, 0.2) is 5.82 Å². The first-order valence-corrected chi connectivity index (χ1v) is 9.77. The number of H-pyrrole nitrogens is 1. The Hall–Kier alpha value is -2.28. The van der Waals surface area contributed by atoms with Crippen LogP contribution in [0, 0.1) is 18.7 Å². The van der Waals surface area contributed by atoms with Crippen molar-refractivity contribution in [2.75, 3.05) is 26.2 Å². The normalized spacial score (nSPS) is 21.0. The molecule has 7 heteroatoms. The van der Waals surface area contributed by atoms with Crippen molar-refractivity contribution in [3.05, 3.63) is 46.8 Å². The smallest absolute Gasteiger partial charge is 0.256 e. The average Bonchev–Trinajstić information content (AvgIpc) is 3.35. The number of hydrogen-bond acceptors (Lipinski definition) is 4. The molecule has 2 aliphatic heterocycles. The Balaban J connectivity index is 1.41. The fourth-order valence-electron chi connectivity index (χ4n) is 4.14. The maximum absolute atomic E-state index is 14.3. The van der Waals surface area contributed by atoms with Crippen LogP contribution < -0.4 is 5.32 Å². The number of carbonyl (C=O) groups is 1. The van der Waals surface area contributed by atoms with Gasteiger partial charge in [0.05, 0.1) is 5.56 Å². The molecule has 0 bridgehead atoms. The number of benzene rings is 1. The molecule has 0 aliphatic carbocycles. The van der Waals surface area contributed by atoms with Gasteiger partial charge in [-0.1, -0.05) is 6.07 Å². The summed E-state index contributed by atoms with van der Waals surface area (Å²) in [5.74, 6) is 1.81. The summed E-state index contributed by atoms with van der Waals surface area (Å²) in [6, 6.07) is 5.00. The van der Waals surface area contributed by atoms with Crippen molar-refractivity contribution < 1.29 is 9.18 Å². The van der Waals surface area contributed by atoms with Crippen molar-refractivity contribution in [1.82, 2.24) is 25.4 Å². The topological polar surface area (TPSA) is 73.9 Å². The zero-order chi connectivity index (χ0) is 18.8. The van der Waals surface area contributed by atoms with Crippen LogP contribution in [0.25, 0.3) is 0 Å². The summed E-state index contributed by atoms with van der Waals surface area (Å²) in [6.45, 7) is 5.12. The summed E-state index contributed by atoms with van der Waals surface area (Å²) >= 11 is 0. The number of aromatic amines is 1. The minimum Gasteiger partial charge on any atom is -0.339 e. The van der Waals surface area contributed by atoms with E-state index in [4.69, 9.17) is 0 Å². The van der Waals surface area contributed by atoms with Crippen molar-refractivity contribution in [2.24, 2.45) is 5.92 Å². The first-order valence-electron chi connectivity index (χ1n) is 9.77. The van der Waals surface area contributed by atoms with E-state index in [0.717, 1.165) is 56.0 Å². The van der Waals surface area contributed by atoms with Crippen molar-refractivity contribution in [1.29, 1.82) is 0 Å². The largest absolute Gasteiger partial charge is 0.339 e. The number of nitrogens with zero attached hydrogens (tertiary/aromatic N) is 3. The number of carbonyl (C=O) groups excluding carboxylic acids is 1. The Morgan fingerprint density at radius 1 is 1.30 bits per heavy atom. The molecule has 1 aromatic carbocycles. The highest BCUT2D eigenvalue weighted by atomic mass is 19.1. The highest BCUT2D eigenvalue weighted by Gasteiger charge is 2.28. The SMILES string of the molecule is Cc1nc(C2CCN(C(=O)c3cc(CC4CCNC4)ccc3F)CC2)n[nH]1. The van der Waals surface area contributed by atoms with Crippen molar-refractivity contribution in [3.8, 4) is 0 Å². The maximum atomic E-state index is 14.3. The van der Waals surface area contributed by atoms with E-state index < -0.39 is 5.82 Å². The molecule has 2 saturated heterocycles. The Labute approximate surface area is 158 Å². The third-order valence-corrected chi connectivity index (χ3v) is 5.71. The van der Waals surface area contributed by atoms with Gasteiger partial charge >= 0.3 is 0 Å². The lowest BCUT2D eigenvalue weighted by atomic mass is 9.94. The van der Waals surface area contributed by atoms with Gasteiger partial charge in [-0.2, -0.15) is 5.10 Å². The molecule has 1 aromatic heterocycles. The van der Waals surface area contributed by atoms with Gasteiger partial charge in [-0.15, -0.1) is 0 Å². The molecule has 144 valence electrons. The Morgan fingerprint density at radius 3 is 2.78 bits per heavy atom. The van der Waals surface area contributed by atoms with E-state index in [-0.39, 0.29) is 17.4 Å². The first-order chi connectivity index (χ1) is 13.1. The monoisotopic (exact) mass is 371 g/mol. The summed E-state index contributed by atoms with van der Waals surface area (Å²) in [5, 5.41) is 10.5. The second-order valence-corrected chi connectivity index (χ2v) is 7.72. The number of piperidine rings is 1. The van der Waals surface area contributed by atoms with Crippen LogP contribution in [0.2, 0.25) is 0 Å². The van der Waals surface area contributed by atoms with Crippen molar-refractivity contribution in [2.45, 2.75) is 38.5 Å². The third-order valence-electron chi connectivity index (χ3n) is 5.71. The van der Waals surface area contributed by atoms with Crippen LogP contribution in [0.3, 0.4) is 0 Å². The molecule has 4 rings (SSSR count). The Bertz CT molecular complexity index is 806. The highest BCUT2D eigenvalue weighted by Crippen LogP contribution is 2.27. The predicted molar refractivity (Wildman–Crippen MR) is 100 cm³/mol. The molecule has 0 radical (unpaired) electrons. The van der Waals surface area contributed by atoms with Gasteiger partial charge in [0.2, 0.25) is 0 Å². The minimum atomic E-state index is -0.431. The van der Waals surface area contributed by atoms with E-state index in [0.29, 0.717) is 19.0 Å².